The molecule has 0 saturated carbocycles. The predicted octanol–water partition coefficient (Wildman–Crippen LogP) is -0.865. The third-order valence-electron chi connectivity index (χ3n) is 4.09. The number of nitrogens with zero attached hydrogens (tertiary/aromatic N) is 2. The van der Waals surface area contributed by atoms with Crippen molar-refractivity contribution in [2.45, 2.75) is 24.7 Å². The van der Waals surface area contributed by atoms with Crippen molar-refractivity contribution in [1.29, 1.82) is 0 Å². The Balaban J connectivity index is 2.05. The molecule has 11 heteroatoms. The topological polar surface area (TPSA) is 145 Å². The molecular formula is C12H22BN5O4S. The summed E-state index contributed by atoms with van der Waals surface area (Å²) < 4.78 is 28.5. The van der Waals surface area contributed by atoms with Gasteiger partial charge in [0.25, 0.3) is 0 Å². The molecule has 1 saturated heterocycles. The van der Waals surface area contributed by atoms with Crippen molar-refractivity contribution in [2.75, 3.05) is 17.8 Å². The molecule has 0 bridgehead atoms. The van der Waals surface area contributed by atoms with Crippen LogP contribution in [-0.2, 0) is 10.2 Å². The van der Waals surface area contributed by atoms with E-state index in [4.69, 9.17) is 15.8 Å². The highest BCUT2D eigenvalue weighted by Gasteiger charge is 2.45. The van der Waals surface area contributed by atoms with Gasteiger partial charge in [-0.15, -0.1) is 6.58 Å². The molecule has 9 nitrogen and oxygen atoms in total. The molecule has 0 radical (unpaired) electrons. The zero-order chi connectivity index (χ0) is 17.1. The summed E-state index contributed by atoms with van der Waals surface area (Å²) in [6.45, 7) is 4.06. The van der Waals surface area contributed by atoms with Crippen LogP contribution in [0, 0.1) is 5.92 Å². The Hall–Kier alpha value is -1.40. The lowest BCUT2D eigenvalue weighted by Gasteiger charge is -2.26. The zero-order valence-corrected chi connectivity index (χ0v) is 13.5. The van der Waals surface area contributed by atoms with Crippen LogP contribution < -0.4 is 10.5 Å². The molecule has 1 aliphatic rings. The Morgan fingerprint density at radius 3 is 2.96 bits per heavy atom. The van der Waals surface area contributed by atoms with Crippen LogP contribution in [0.15, 0.2) is 25.0 Å². The van der Waals surface area contributed by atoms with Gasteiger partial charge in [-0.05, 0) is 18.7 Å². The number of imidazole rings is 1. The van der Waals surface area contributed by atoms with Gasteiger partial charge in [0.05, 0.1) is 5.54 Å². The Morgan fingerprint density at radius 1 is 1.65 bits per heavy atom. The van der Waals surface area contributed by atoms with E-state index in [0.717, 1.165) is 0 Å². The Morgan fingerprint density at radius 2 is 2.39 bits per heavy atom. The first-order valence-electron chi connectivity index (χ1n) is 7.33. The van der Waals surface area contributed by atoms with E-state index in [2.05, 4.69) is 21.3 Å². The van der Waals surface area contributed by atoms with Gasteiger partial charge in [0, 0.05) is 25.5 Å². The average Bonchev–Trinajstić information content (AvgIpc) is 3.07. The molecule has 1 aliphatic heterocycles. The number of anilines is 1. The van der Waals surface area contributed by atoms with Crippen LogP contribution in [0.25, 0.3) is 0 Å². The van der Waals surface area contributed by atoms with Gasteiger partial charge in [-0.2, -0.15) is 12.7 Å². The van der Waals surface area contributed by atoms with Crippen molar-refractivity contribution in [3.8, 4) is 0 Å². The smallest absolute Gasteiger partial charge is 0.427 e. The van der Waals surface area contributed by atoms with E-state index in [1.165, 1.54) is 16.7 Å². The van der Waals surface area contributed by atoms with Crippen molar-refractivity contribution >= 4 is 23.3 Å². The number of rotatable bonds is 8. The Labute approximate surface area is 135 Å². The van der Waals surface area contributed by atoms with E-state index in [-0.39, 0.29) is 31.3 Å². The van der Waals surface area contributed by atoms with Gasteiger partial charge in [-0.1, -0.05) is 12.5 Å². The monoisotopic (exact) mass is 343 g/mol. The molecule has 0 amide bonds. The Bertz CT molecular complexity index is 623. The molecule has 23 heavy (non-hydrogen) atoms. The van der Waals surface area contributed by atoms with Gasteiger partial charge in [-0.3, -0.25) is 0 Å². The zero-order valence-electron chi connectivity index (χ0n) is 12.7. The maximum absolute atomic E-state index is 12.4. The van der Waals surface area contributed by atoms with Crippen LogP contribution >= 0.6 is 0 Å². The van der Waals surface area contributed by atoms with Gasteiger partial charge in [0.2, 0.25) is 5.95 Å². The number of H-pyrrole nitrogens is 1. The van der Waals surface area contributed by atoms with Crippen LogP contribution in [0.5, 0.6) is 0 Å². The fourth-order valence-corrected chi connectivity index (χ4v) is 4.00. The molecule has 1 aromatic heterocycles. The van der Waals surface area contributed by atoms with Crippen LogP contribution in [-0.4, -0.2) is 58.5 Å². The second-order valence-corrected chi connectivity index (χ2v) is 7.43. The Kier molecular flexibility index (Phi) is 5.47. The first-order valence-corrected chi connectivity index (χ1v) is 8.77. The first kappa shape index (κ1) is 18.0. The molecule has 0 spiro atoms. The van der Waals surface area contributed by atoms with Crippen LogP contribution in [0.3, 0.4) is 0 Å². The lowest BCUT2D eigenvalue weighted by molar-refractivity contribution is 0.370. The van der Waals surface area contributed by atoms with Gasteiger partial charge in [0.15, 0.2) is 0 Å². The van der Waals surface area contributed by atoms with Crippen LogP contribution in [0.1, 0.15) is 12.8 Å². The van der Waals surface area contributed by atoms with E-state index in [9.17, 15) is 8.42 Å². The molecule has 6 N–H and O–H groups in total. The van der Waals surface area contributed by atoms with E-state index < -0.39 is 22.9 Å². The lowest BCUT2D eigenvalue weighted by atomic mass is 9.78. The summed E-state index contributed by atoms with van der Waals surface area (Å²) in [4.78, 5) is 6.51. The summed E-state index contributed by atoms with van der Waals surface area (Å²) in [5, 5.41) is 17.8. The quantitative estimate of drug-likeness (QED) is 0.307. The van der Waals surface area contributed by atoms with Gasteiger partial charge >= 0.3 is 17.3 Å². The molecule has 1 fully saturated rings. The van der Waals surface area contributed by atoms with Crippen LogP contribution in [0.2, 0.25) is 6.32 Å². The maximum Gasteiger partial charge on any atom is 0.451 e. The second kappa shape index (κ2) is 7.01. The third-order valence-corrected chi connectivity index (χ3v) is 5.50. The fraction of sp³-hybridized carbons (Fsp3) is 0.583. The van der Waals surface area contributed by atoms with Gasteiger partial charge in [0.1, 0.15) is 0 Å². The van der Waals surface area contributed by atoms with Crippen molar-refractivity contribution in [3.63, 3.8) is 0 Å². The number of hydrogen-bond acceptors (Lipinski definition) is 6. The molecule has 0 aliphatic carbocycles. The van der Waals surface area contributed by atoms with E-state index in [1.807, 2.05) is 0 Å². The SMILES string of the molecule is C=C[C@]1(N)CN(S(=O)(=O)Nc2ncc[nH]2)C[C@@H]1CCCB(O)O. The van der Waals surface area contributed by atoms with Crippen molar-refractivity contribution < 1.29 is 18.5 Å². The number of aromatic amines is 1. The summed E-state index contributed by atoms with van der Waals surface area (Å²) >= 11 is 0. The summed E-state index contributed by atoms with van der Waals surface area (Å²) in [6, 6.07) is 0. The lowest BCUT2D eigenvalue weighted by Crippen LogP contribution is -2.46. The normalized spacial score (nSPS) is 25.4. The summed E-state index contributed by atoms with van der Waals surface area (Å²) in [5.41, 5.74) is 5.43. The summed E-state index contributed by atoms with van der Waals surface area (Å²) in [6.07, 6.45) is 5.86. The number of aromatic nitrogens is 2. The average molecular weight is 343 g/mol. The molecule has 2 atom stereocenters. The predicted molar refractivity (Wildman–Crippen MR) is 87.5 cm³/mol. The number of hydrogen-bond donors (Lipinski definition) is 5. The van der Waals surface area contributed by atoms with Gasteiger partial charge < -0.3 is 20.8 Å². The van der Waals surface area contributed by atoms with E-state index in [0.29, 0.717) is 12.8 Å². The molecule has 1 aromatic rings. The minimum Gasteiger partial charge on any atom is -0.427 e. The highest BCUT2D eigenvalue weighted by atomic mass is 32.2. The maximum atomic E-state index is 12.4. The fourth-order valence-electron chi connectivity index (χ4n) is 2.74. The molecule has 0 unspecified atom stereocenters. The molecule has 128 valence electrons. The van der Waals surface area contributed by atoms with E-state index in [1.54, 1.807) is 6.08 Å². The summed E-state index contributed by atoms with van der Waals surface area (Å²) in [5.74, 6) is -0.00926. The number of nitrogens with two attached hydrogens (primary N) is 1. The summed E-state index contributed by atoms with van der Waals surface area (Å²) in [7, 11) is -5.14. The van der Waals surface area contributed by atoms with Crippen molar-refractivity contribution in [1.82, 2.24) is 14.3 Å². The molecule has 2 heterocycles. The standard InChI is InChI=1S/C12H22BN5O4S/c1-2-12(14)9-18(8-10(12)4-3-5-13(19)20)23(21,22)17-11-15-6-7-16-11/h2,6-7,10,19-20H,1,3-5,8-9,14H2,(H2,15,16,17)/t10-,12-/m0/s1. The number of nitrogens with one attached hydrogen (secondary N) is 2. The highest BCUT2D eigenvalue weighted by Crippen LogP contribution is 2.32. The minimum atomic E-state index is -3.78. The van der Waals surface area contributed by atoms with Crippen molar-refractivity contribution in [2.24, 2.45) is 11.7 Å². The van der Waals surface area contributed by atoms with E-state index >= 15 is 0 Å². The largest absolute Gasteiger partial charge is 0.451 e. The third kappa shape index (κ3) is 4.33. The highest BCUT2D eigenvalue weighted by molar-refractivity contribution is 7.90. The van der Waals surface area contributed by atoms with Crippen molar-refractivity contribution in [3.05, 3.63) is 25.0 Å². The minimum absolute atomic E-state index is 0.110. The first-order chi connectivity index (χ1) is 10.8. The second-order valence-electron chi connectivity index (χ2n) is 5.76. The van der Waals surface area contributed by atoms with Gasteiger partial charge in [-0.25, -0.2) is 9.71 Å². The molecule has 2 rings (SSSR count). The molecule has 0 aromatic carbocycles. The molecular weight excluding hydrogens is 321 g/mol. The van der Waals surface area contributed by atoms with Crippen LogP contribution in [0.4, 0.5) is 5.95 Å².